The highest BCUT2D eigenvalue weighted by Gasteiger charge is 2.26. The van der Waals surface area contributed by atoms with Crippen LogP contribution in [0.15, 0.2) is 35.0 Å². The van der Waals surface area contributed by atoms with Crippen molar-refractivity contribution in [3.05, 3.63) is 45.6 Å². The first-order chi connectivity index (χ1) is 11.7. The second kappa shape index (κ2) is 6.70. The molecule has 0 bridgehead atoms. The van der Waals surface area contributed by atoms with Crippen molar-refractivity contribution in [3.63, 3.8) is 0 Å². The Hall–Kier alpha value is -1.63. The summed E-state index contributed by atoms with van der Waals surface area (Å²) in [6.07, 6.45) is 2.29. The van der Waals surface area contributed by atoms with Crippen molar-refractivity contribution in [3.8, 4) is 0 Å². The molecule has 1 fully saturated rings. The molecule has 1 amide bonds. The number of aryl methyl sites for hydroxylation is 1. The third-order valence-electron chi connectivity index (χ3n) is 4.55. The van der Waals surface area contributed by atoms with Crippen molar-refractivity contribution in [1.29, 1.82) is 0 Å². The highest BCUT2D eigenvalue weighted by molar-refractivity contribution is 7.17. The quantitative estimate of drug-likeness (QED) is 0.686. The topological polar surface area (TPSA) is 34.5 Å². The summed E-state index contributed by atoms with van der Waals surface area (Å²) in [6.45, 7) is 2.12. The van der Waals surface area contributed by atoms with Gasteiger partial charge in [-0.1, -0.05) is 6.07 Å². The Bertz CT molecular complexity index is 829. The van der Waals surface area contributed by atoms with Crippen molar-refractivity contribution < 1.29 is 9.53 Å². The minimum atomic E-state index is 0.0878. The summed E-state index contributed by atoms with van der Waals surface area (Å²) in [4.78, 5) is 16.4. The molecule has 6 heteroatoms. The second-order valence-electron chi connectivity index (χ2n) is 6.16. The number of carbonyl (C=O) groups excluding carboxylic acids is 1. The summed E-state index contributed by atoms with van der Waals surface area (Å²) in [5, 5.41) is 4.12. The third kappa shape index (κ3) is 3.01. The van der Waals surface area contributed by atoms with E-state index < -0.39 is 0 Å². The van der Waals surface area contributed by atoms with E-state index in [4.69, 9.17) is 4.74 Å². The lowest BCUT2D eigenvalue weighted by Crippen LogP contribution is -2.37. The number of carbonyl (C=O) groups is 1. The number of thiophene rings is 2. The van der Waals surface area contributed by atoms with Crippen LogP contribution in [0.5, 0.6) is 0 Å². The van der Waals surface area contributed by atoms with Crippen molar-refractivity contribution in [2.75, 3.05) is 13.2 Å². The molecule has 4 nitrogen and oxygen atoms in total. The maximum Gasteiger partial charge on any atom is 0.270 e. The van der Waals surface area contributed by atoms with Crippen LogP contribution < -0.4 is 0 Å². The van der Waals surface area contributed by atoms with Gasteiger partial charge in [0.1, 0.15) is 5.69 Å². The van der Waals surface area contributed by atoms with Gasteiger partial charge in [0.25, 0.3) is 5.91 Å². The van der Waals surface area contributed by atoms with Crippen LogP contribution in [0.2, 0.25) is 0 Å². The van der Waals surface area contributed by atoms with Gasteiger partial charge in [-0.05, 0) is 41.8 Å². The van der Waals surface area contributed by atoms with E-state index in [1.807, 2.05) is 28.6 Å². The third-order valence-corrected chi connectivity index (χ3v) is 6.26. The van der Waals surface area contributed by atoms with Gasteiger partial charge < -0.3 is 14.2 Å². The van der Waals surface area contributed by atoms with Gasteiger partial charge in [0, 0.05) is 25.1 Å². The molecule has 0 radical (unpaired) electrons. The number of hydrogen-bond acceptors (Lipinski definition) is 4. The van der Waals surface area contributed by atoms with Crippen molar-refractivity contribution in [2.45, 2.75) is 25.5 Å². The maximum atomic E-state index is 13.2. The predicted molar refractivity (Wildman–Crippen MR) is 98.8 cm³/mol. The molecule has 24 heavy (non-hydrogen) atoms. The van der Waals surface area contributed by atoms with Gasteiger partial charge in [0.15, 0.2) is 0 Å². The van der Waals surface area contributed by atoms with Crippen LogP contribution in [-0.2, 0) is 18.3 Å². The average molecular weight is 361 g/mol. The van der Waals surface area contributed by atoms with Crippen LogP contribution in [0.25, 0.3) is 10.2 Å². The van der Waals surface area contributed by atoms with E-state index in [1.165, 1.54) is 4.88 Å². The molecule has 4 heterocycles. The Morgan fingerprint density at radius 1 is 1.38 bits per heavy atom. The molecule has 0 spiro atoms. The molecule has 0 aromatic carbocycles. The summed E-state index contributed by atoms with van der Waals surface area (Å²) in [5.41, 5.74) is 1.88. The van der Waals surface area contributed by atoms with Gasteiger partial charge in [0.2, 0.25) is 0 Å². The highest BCUT2D eigenvalue weighted by Crippen LogP contribution is 2.26. The first-order valence-corrected chi connectivity index (χ1v) is 9.94. The number of fused-ring (bicyclic) bond motifs is 1. The largest absolute Gasteiger partial charge is 0.376 e. The summed E-state index contributed by atoms with van der Waals surface area (Å²) in [6, 6.07) is 8.21. The van der Waals surface area contributed by atoms with Crippen molar-refractivity contribution in [2.24, 2.45) is 7.05 Å². The normalized spacial score (nSPS) is 17.6. The van der Waals surface area contributed by atoms with Crippen molar-refractivity contribution in [1.82, 2.24) is 9.47 Å². The zero-order valence-electron chi connectivity index (χ0n) is 13.6. The fourth-order valence-corrected chi connectivity index (χ4v) is 4.83. The predicted octanol–water partition coefficient (Wildman–Crippen LogP) is 4.12. The summed E-state index contributed by atoms with van der Waals surface area (Å²) < 4.78 is 8.93. The minimum Gasteiger partial charge on any atom is -0.376 e. The number of amides is 1. The van der Waals surface area contributed by atoms with E-state index in [2.05, 4.69) is 22.9 Å². The van der Waals surface area contributed by atoms with Gasteiger partial charge in [0.05, 0.1) is 22.9 Å². The van der Waals surface area contributed by atoms with Crippen LogP contribution in [0.1, 0.15) is 28.2 Å². The Kier molecular flexibility index (Phi) is 4.43. The van der Waals surface area contributed by atoms with Crippen LogP contribution in [0, 0.1) is 0 Å². The summed E-state index contributed by atoms with van der Waals surface area (Å²) in [7, 11) is 1.97. The van der Waals surface area contributed by atoms with Crippen LogP contribution in [0.3, 0.4) is 0 Å². The zero-order valence-corrected chi connectivity index (χ0v) is 15.2. The SMILES string of the molecule is Cn1c(C(=O)N(Cc2cccs2)CC2CCCO2)cc2sccc21. The molecule has 3 aromatic rings. The Labute approximate surface area is 149 Å². The Balaban J connectivity index is 1.61. The standard InChI is InChI=1S/C18H20N2O2S2/c1-19-15-6-9-24-17(15)10-16(19)18(21)20(11-13-4-2-7-22-13)12-14-5-3-8-23-14/h3,5-6,8-10,13H,2,4,7,11-12H2,1H3. The molecule has 0 aliphatic carbocycles. The van der Waals surface area contributed by atoms with Crippen LogP contribution in [-0.4, -0.2) is 34.6 Å². The molecule has 1 unspecified atom stereocenters. The summed E-state index contributed by atoms with van der Waals surface area (Å²) >= 11 is 3.37. The van der Waals surface area contributed by atoms with E-state index in [-0.39, 0.29) is 12.0 Å². The van der Waals surface area contributed by atoms with Gasteiger partial charge in [-0.15, -0.1) is 22.7 Å². The maximum absolute atomic E-state index is 13.2. The number of ether oxygens (including phenoxy) is 1. The molecule has 126 valence electrons. The fraction of sp³-hybridized carbons (Fsp3) is 0.389. The zero-order chi connectivity index (χ0) is 16.5. The molecule has 1 aliphatic heterocycles. The molecule has 1 atom stereocenters. The molecule has 1 aliphatic rings. The Morgan fingerprint density at radius 2 is 2.29 bits per heavy atom. The number of nitrogens with zero attached hydrogens (tertiary/aromatic N) is 2. The number of aromatic nitrogens is 1. The monoisotopic (exact) mass is 360 g/mol. The fourth-order valence-electron chi connectivity index (χ4n) is 3.26. The lowest BCUT2D eigenvalue weighted by molar-refractivity contribution is 0.0503. The lowest BCUT2D eigenvalue weighted by Gasteiger charge is -2.25. The average Bonchev–Trinajstić information content (AvgIpc) is 3.33. The molecule has 0 N–H and O–H groups in total. The first kappa shape index (κ1) is 15.9. The van der Waals surface area contributed by atoms with Gasteiger partial charge in [-0.3, -0.25) is 4.79 Å². The van der Waals surface area contributed by atoms with Gasteiger partial charge in [-0.2, -0.15) is 0 Å². The van der Waals surface area contributed by atoms with E-state index >= 15 is 0 Å². The van der Waals surface area contributed by atoms with E-state index in [9.17, 15) is 4.79 Å². The van der Waals surface area contributed by atoms with Gasteiger partial charge >= 0.3 is 0 Å². The van der Waals surface area contributed by atoms with Crippen LogP contribution >= 0.6 is 22.7 Å². The molecule has 0 saturated carbocycles. The smallest absolute Gasteiger partial charge is 0.270 e. The van der Waals surface area contributed by atoms with Crippen LogP contribution in [0.4, 0.5) is 0 Å². The van der Waals surface area contributed by atoms with E-state index in [0.717, 1.165) is 35.4 Å². The minimum absolute atomic E-state index is 0.0878. The molecular formula is C18H20N2O2S2. The highest BCUT2D eigenvalue weighted by atomic mass is 32.1. The molecule has 3 aromatic heterocycles. The van der Waals surface area contributed by atoms with Gasteiger partial charge in [-0.25, -0.2) is 0 Å². The van der Waals surface area contributed by atoms with E-state index in [0.29, 0.717) is 13.1 Å². The molecular weight excluding hydrogens is 340 g/mol. The van der Waals surface area contributed by atoms with E-state index in [1.54, 1.807) is 22.7 Å². The first-order valence-electron chi connectivity index (χ1n) is 8.18. The molecule has 1 saturated heterocycles. The summed E-state index contributed by atoms with van der Waals surface area (Å²) in [5.74, 6) is 0.0878. The Morgan fingerprint density at radius 3 is 3.00 bits per heavy atom. The lowest BCUT2D eigenvalue weighted by atomic mass is 10.2. The second-order valence-corrected chi connectivity index (χ2v) is 8.14. The molecule has 4 rings (SSSR count). The number of hydrogen-bond donors (Lipinski definition) is 0. The number of rotatable bonds is 5. The van der Waals surface area contributed by atoms with Crippen molar-refractivity contribution >= 4 is 38.8 Å².